The van der Waals surface area contributed by atoms with Crippen molar-refractivity contribution in [1.82, 2.24) is 4.98 Å². The van der Waals surface area contributed by atoms with Crippen LogP contribution < -0.4 is 20.3 Å². The molecule has 0 unspecified atom stereocenters. The number of halogens is 3. The van der Waals surface area contributed by atoms with Gasteiger partial charge >= 0.3 is 6.18 Å². The van der Waals surface area contributed by atoms with E-state index in [4.69, 9.17) is 9.47 Å². The number of alkyl halides is 3. The number of H-pyrrole nitrogens is 1. The van der Waals surface area contributed by atoms with Gasteiger partial charge in [0.1, 0.15) is 18.1 Å². The molecule has 0 aliphatic carbocycles. The molecule has 0 amide bonds. The summed E-state index contributed by atoms with van der Waals surface area (Å²) in [7, 11) is 0. The largest absolute Gasteiger partial charge is 0.489 e. The first kappa shape index (κ1) is 22.8. The minimum absolute atomic E-state index is 0.0184. The van der Waals surface area contributed by atoms with Crippen LogP contribution in [0.25, 0.3) is 22.0 Å². The van der Waals surface area contributed by atoms with Crippen molar-refractivity contribution in [2.45, 2.75) is 26.1 Å². The Bertz CT molecular complexity index is 1450. The van der Waals surface area contributed by atoms with E-state index in [2.05, 4.69) is 10.3 Å². The molecule has 4 aromatic rings. The van der Waals surface area contributed by atoms with Gasteiger partial charge in [-0.1, -0.05) is 36.4 Å². The summed E-state index contributed by atoms with van der Waals surface area (Å²) in [6, 6.07) is 18.8. The highest BCUT2D eigenvalue weighted by Crippen LogP contribution is 2.41. The van der Waals surface area contributed by atoms with E-state index < -0.39 is 12.8 Å². The Kier molecular flexibility index (Phi) is 5.88. The van der Waals surface area contributed by atoms with Crippen molar-refractivity contribution in [3.8, 4) is 22.6 Å². The molecule has 0 atom stereocenters. The number of benzene rings is 3. The van der Waals surface area contributed by atoms with Crippen LogP contribution in [0.2, 0.25) is 0 Å². The third kappa shape index (κ3) is 4.69. The lowest BCUT2D eigenvalue weighted by molar-refractivity contribution is -0.153. The molecule has 3 aromatic carbocycles. The van der Waals surface area contributed by atoms with Crippen LogP contribution in [0.1, 0.15) is 16.7 Å². The van der Waals surface area contributed by atoms with Crippen molar-refractivity contribution < 1.29 is 22.6 Å². The molecule has 1 aromatic heterocycles. The Labute approximate surface area is 199 Å². The van der Waals surface area contributed by atoms with Crippen LogP contribution in [0.5, 0.6) is 11.5 Å². The van der Waals surface area contributed by atoms with Crippen molar-refractivity contribution >= 4 is 16.6 Å². The Morgan fingerprint density at radius 2 is 1.74 bits per heavy atom. The lowest BCUT2D eigenvalue weighted by Crippen LogP contribution is -2.20. The molecular formula is C27H23F3N2O3. The number of fused-ring (bicyclic) bond motifs is 3. The maximum atomic E-state index is 12.8. The number of anilines is 1. The summed E-state index contributed by atoms with van der Waals surface area (Å²) in [6.45, 7) is 1.52. The fourth-order valence-corrected chi connectivity index (χ4v) is 4.44. The van der Waals surface area contributed by atoms with Gasteiger partial charge in [0, 0.05) is 17.5 Å². The summed E-state index contributed by atoms with van der Waals surface area (Å²) in [5.41, 5.74) is 4.80. The monoisotopic (exact) mass is 480 g/mol. The molecule has 0 bridgehead atoms. The lowest BCUT2D eigenvalue weighted by Gasteiger charge is -2.18. The van der Waals surface area contributed by atoms with Gasteiger partial charge in [0.05, 0.1) is 11.2 Å². The topological polar surface area (TPSA) is 63.4 Å². The summed E-state index contributed by atoms with van der Waals surface area (Å²) in [6.07, 6.45) is -3.95. The molecule has 1 aliphatic heterocycles. The number of ether oxygens (including phenoxy) is 2. The van der Waals surface area contributed by atoms with E-state index in [0.29, 0.717) is 42.0 Å². The van der Waals surface area contributed by atoms with Gasteiger partial charge in [-0.05, 0) is 59.9 Å². The molecule has 0 fully saturated rings. The number of nitrogens with one attached hydrogen (secondary N) is 2. The van der Waals surface area contributed by atoms with Crippen LogP contribution in [-0.2, 0) is 13.0 Å². The number of hydrogen-bond donors (Lipinski definition) is 2. The Balaban J connectivity index is 1.56. The van der Waals surface area contributed by atoms with Crippen molar-refractivity contribution in [2.24, 2.45) is 0 Å². The van der Waals surface area contributed by atoms with Gasteiger partial charge in [-0.3, -0.25) is 4.79 Å². The zero-order valence-corrected chi connectivity index (χ0v) is 19.0. The van der Waals surface area contributed by atoms with Gasteiger partial charge in [0.2, 0.25) is 0 Å². The van der Waals surface area contributed by atoms with E-state index in [1.807, 2.05) is 55.5 Å². The highest BCUT2D eigenvalue weighted by atomic mass is 19.4. The van der Waals surface area contributed by atoms with Gasteiger partial charge in [-0.25, -0.2) is 0 Å². The predicted molar refractivity (Wildman–Crippen MR) is 129 cm³/mol. The highest BCUT2D eigenvalue weighted by molar-refractivity contribution is 6.07. The Morgan fingerprint density at radius 1 is 0.971 bits per heavy atom. The van der Waals surface area contributed by atoms with Gasteiger partial charge in [0.25, 0.3) is 5.56 Å². The summed E-state index contributed by atoms with van der Waals surface area (Å²) < 4.78 is 49.5. The van der Waals surface area contributed by atoms with Crippen LogP contribution in [0.15, 0.2) is 65.5 Å². The van der Waals surface area contributed by atoms with Gasteiger partial charge < -0.3 is 19.8 Å². The van der Waals surface area contributed by atoms with Crippen molar-refractivity contribution in [3.63, 3.8) is 0 Å². The van der Waals surface area contributed by atoms with Gasteiger partial charge in [-0.2, -0.15) is 13.2 Å². The second-order valence-electron chi connectivity index (χ2n) is 8.50. The predicted octanol–water partition coefficient (Wildman–Crippen LogP) is 5.99. The number of aryl methyl sites for hydroxylation is 1. The first-order valence-corrected chi connectivity index (χ1v) is 11.2. The summed E-state index contributed by atoms with van der Waals surface area (Å²) in [5, 5.41) is 3.88. The summed E-state index contributed by atoms with van der Waals surface area (Å²) in [5.74, 6) is 0.691. The number of pyridine rings is 1. The summed E-state index contributed by atoms with van der Waals surface area (Å²) in [4.78, 5) is 15.4. The number of rotatable bonds is 6. The first-order valence-electron chi connectivity index (χ1n) is 11.2. The van der Waals surface area contributed by atoms with E-state index in [0.717, 1.165) is 22.3 Å². The third-order valence-corrected chi connectivity index (χ3v) is 6.04. The third-order valence-electron chi connectivity index (χ3n) is 6.04. The van der Waals surface area contributed by atoms with Crippen LogP contribution in [-0.4, -0.2) is 24.3 Å². The molecule has 1 aliphatic rings. The first-order chi connectivity index (χ1) is 16.8. The van der Waals surface area contributed by atoms with Crippen molar-refractivity contribution in [2.75, 3.05) is 18.5 Å². The van der Waals surface area contributed by atoms with Crippen molar-refractivity contribution in [3.05, 3.63) is 87.7 Å². The van der Waals surface area contributed by atoms with Crippen LogP contribution in [0, 0.1) is 6.92 Å². The van der Waals surface area contributed by atoms with E-state index in [1.54, 1.807) is 6.07 Å². The van der Waals surface area contributed by atoms with E-state index in [9.17, 15) is 18.0 Å². The van der Waals surface area contributed by atoms with E-state index in [-0.39, 0.29) is 16.8 Å². The Hall–Kier alpha value is -3.94. The second-order valence-corrected chi connectivity index (χ2v) is 8.50. The molecule has 180 valence electrons. The molecule has 2 N–H and O–H groups in total. The zero-order chi connectivity index (χ0) is 24.6. The standard InChI is InChI=1S/C27H23F3N2O3/c1-16-13-18(34-14-17-5-3-2-4-6-17)7-8-19(16)20-9-10-22(35-15-27(28,29)30)25-23(20)24-21(11-12-31-24)26(33)32-25/h2-10,13,31H,11-12,14-15H2,1H3,(H,32,33). The minimum atomic E-state index is -4.49. The molecule has 8 heteroatoms. The van der Waals surface area contributed by atoms with Gasteiger partial charge in [0.15, 0.2) is 6.61 Å². The second kappa shape index (κ2) is 9.02. The molecule has 5 rings (SSSR count). The lowest BCUT2D eigenvalue weighted by atomic mass is 9.94. The van der Waals surface area contributed by atoms with E-state index in [1.165, 1.54) is 6.07 Å². The smallest absolute Gasteiger partial charge is 0.422 e. The molecule has 0 radical (unpaired) electrons. The molecule has 0 saturated heterocycles. The maximum absolute atomic E-state index is 12.8. The SMILES string of the molecule is Cc1cc(OCc2ccccc2)ccc1-c1ccc(OCC(F)(F)F)c2[nH]c(=O)c3c(c12)NCC3. The molecule has 0 spiro atoms. The fraction of sp³-hybridized carbons (Fsp3) is 0.222. The quantitative estimate of drug-likeness (QED) is 0.356. The normalized spacial score (nSPS) is 12.9. The highest BCUT2D eigenvalue weighted by Gasteiger charge is 2.30. The van der Waals surface area contributed by atoms with Crippen LogP contribution in [0.4, 0.5) is 18.9 Å². The van der Waals surface area contributed by atoms with Gasteiger partial charge in [-0.15, -0.1) is 0 Å². The minimum Gasteiger partial charge on any atom is -0.489 e. The van der Waals surface area contributed by atoms with Crippen LogP contribution >= 0.6 is 0 Å². The summed E-state index contributed by atoms with van der Waals surface area (Å²) >= 11 is 0. The number of aromatic nitrogens is 1. The molecule has 2 heterocycles. The average molecular weight is 480 g/mol. The van der Waals surface area contributed by atoms with Crippen LogP contribution in [0.3, 0.4) is 0 Å². The molecule has 5 nitrogen and oxygen atoms in total. The maximum Gasteiger partial charge on any atom is 0.422 e. The molecular weight excluding hydrogens is 457 g/mol. The molecule has 35 heavy (non-hydrogen) atoms. The van der Waals surface area contributed by atoms with Crippen molar-refractivity contribution in [1.29, 1.82) is 0 Å². The van der Waals surface area contributed by atoms with E-state index >= 15 is 0 Å². The average Bonchev–Trinajstić information content (AvgIpc) is 3.33. The number of hydrogen-bond acceptors (Lipinski definition) is 4. The Morgan fingerprint density at radius 3 is 2.49 bits per heavy atom. The number of aromatic amines is 1. The fourth-order valence-electron chi connectivity index (χ4n) is 4.44. The molecule has 0 saturated carbocycles. The zero-order valence-electron chi connectivity index (χ0n) is 19.0.